The summed E-state index contributed by atoms with van der Waals surface area (Å²) in [6.07, 6.45) is 4.27. The average Bonchev–Trinajstić information content (AvgIpc) is 2.89. The highest BCUT2D eigenvalue weighted by Crippen LogP contribution is 2.31. The van der Waals surface area contributed by atoms with E-state index in [9.17, 15) is 8.42 Å². The molecule has 0 unspecified atom stereocenters. The predicted molar refractivity (Wildman–Crippen MR) is 76.9 cm³/mol. The third kappa shape index (κ3) is 3.20. The first-order chi connectivity index (χ1) is 10.1. The van der Waals surface area contributed by atoms with Crippen LogP contribution >= 0.6 is 0 Å². The summed E-state index contributed by atoms with van der Waals surface area (Å²) in [7, 11) is -3.58. The Morgan fingerprint density at radius 2 is 1.95 bits per heavy atom. The lowest BCUT2D eigenvalue weighted by Gasteiger charge is -2.10. The van der Waals surface area contributed by atoms with Crippen molar-refractivity contribution >= 4 is 10.0 Å². The van der Waals surface area contributed by atoms with Crippen molar-refractivity contribution in [1.82, 2.24) is 9.71 Å². The lowest BCUT2D eigenvalue weighted by Crippen LogP contribution is -2.23. The molecule has 1 aromatic heterocycles. The van der Waals surface area contributed by atoms with Crippen LogP contribution in [0.2, 0.25) is 0 Å². The van der Waals surface area contributed by atoms with Crippen LogP contribution in [0.25, 0.3) is 0 Å². The summed E-state index contributed by atoms with van der Waals surface area (Å²) in [5.41, 5.74) is 0.868. The van der Waals surface area contributed by atoms with Crippen LogP contribution in [0.3, 0.4) is 0 Å². The van der Waals surface area contributed by atoms with Crippen molar-refractivity contribution in [1.29, 1.82) is 0 Å². The zero-order valence-corrected chi connectivity index (χ0v) is 12.2. The molecule has 1 aromatic carbocycles. The van der Waals surface area contributed by atoms with Gasteiger partial charge in [-0.3, -0.25) is 0 Å². The first-order valence-corrected chi connectivity index (χ1v) is 8.14. The fourth-order valence-electron chi connectivity index (χ4n) is 2.04. The van der Waals surface area contributed by atoms with Crippen molar-refractivity contribution in [3.8, 4) is 11.5 Å². The van der Waals surface area contributed by atoms with Gasteiger partial charge in [0.1, 0.15) is 0 Å². The summed E-state index contributed by atoms with van der Waals surface area (Å²) >= 11 is 0. The molecule has 0 spiro atoms. The fraction of sp³-hybridized carbons (Fsp3) is 0.286. The van der Waals surface area contributed by atoms with E-state index in [0.717, 1.165) is 12.0 Å². The summed E-state index contributed by atoms with van der Waals surface area (Å²) in [6.45, 7) is 1.33. The fourth-order valence-corrected chi connectivity index (χ4v) is 3.07. The van der Waals surface area contributed by atoms with E-state index < -0.39 is 10.0 Å². The van der Waals surface area contributed by atoms with Gasteiger partial charge in [-0.25, -0.2) is 13.1 Å². The molecule has 0 atom stereocenters. The highest BCUT2D eigenvalue weighted by atomic mass is 32.2. The van der Waals surface area contributed by atoms with Gasteiger partial charge < -0.3 is 14.5 Å². The van der Waals surface area contributed by atoms with Crippen molar-refractivity contribution in [3.63, 3.8) is 0 Å². The molecule has 1 aliphatic rings. The molecule has 21 heavy (non-hydrogen) atoms. The minimum Gasteiger partial charge on any atom is -0.490 e. The van der Waals surface area contributed by atoms with Crippen LogP contribution < -0.4 is 14.2 Å². The molecule has 0 radical (unpaired) electrons. The van der Waals surface area contributed by atoms with E-state index in [-0.39, 0.29) is 11.4 Å². The minimum absolute atomic E-state index is 0.169. The van der Waals surface area contributed by atoms with E-state index in [0.29, 0.717) is 24.7 Å². The van der Waals surface area contributed by atoms with Gasteiger partial charge in [0, 0.05) is 31.4 Å². The van der Waals surface area contributed by atoms with Crippen molar-refractivity contribution in [2.24, 2.45) is 0 Å². The third-order valence-corrected chi connectivity index (χ3v) is 4.56. The maximum atomic E-state index is 12.3. The van der Waals surface area contributed by atoms with Gasteiger partial charge in [0.2, 0.25) is 10.0 Å². The molecule has 3 rings (SSSR count). The first kappa shape index (κ1) is 14.0. The summed E-state index contributed by atoms with van der Waals surface area (Å²) in [6, 6.07) is 6.47. The van der Waals surface area contributed by atoms with Crippen molar-refractivity contribution in [2.75, 3.05) is 13.2 Å². The SMILES string of the molecule is O=S(=O)(NCc1cc[nH]c1)c1ccc2c(c1)OCCCO2. The molecule has 112 valence electrons. The second kappa shape index (κ2) is 5.79. The molecule has 2 aromatic rings. The summed E-state index contributed by atoms with van der Waals surface area (Å²) in [5.74, 6) is 1.05. The number of nitrogens with one attached hydrogen (secondary N) is 2. The minimum atomic E-state index is -3.58. The lowest BCUT2D eigenvalue weighted by atomic mass is 10.3. The number of hydrogen-bond acceptors (Lipinski definition) is 4. The Hall–Kier alpha value is -1.99. The maximum Gasteiger partial charge on any atom is 0.241 e. The number of rotatable bonds is 4. The summed E-state index contributed by atoms with van der Waals surface area (Å²) < 4.78 is 38.1. The molecule has 2 N–H and O–H groups in total. The van der Waals surface area contributed by atoms with E-state index in [1.807, 2.05) is 6.07 Å². The van der Waals surface area contributed by atoms with Crippen molar-refractivity contribution in [3.05, 3.63) is 42.2 Å². The van der Waals surface area contributed by atoms with Gasteiger partial charge in [0.15, 0.2) is 11.5 Å². The standard InChI is InChI=1S/C14H16N2O4S/c17-21(18,16-10-11-4-5-15-9-11)12-2-3-13-14(8-12)20-7-1-6-19-13/h2-5,8-9,15-16H,1,6-7,10H2. The Balaban J connectivity index is 1.80. The topological polar surface area (TPSA) is 80.4 Å². The largest absolute Gasteiger partial charge is 0.490 e. The summed E-state index contributed by atoms with van der Waals surface area (Å²) in [4.78, 5) is 3.05. The molecule has 0 saturated carbocycles. The molecule has 0 amide bonds. The van der Waals surface area contributed by atoms with Crippen LogP contribution in [0.15, 0.2) is 41.6 Å². The molecule has 1 aliphatic heterocycles. The second-order valence-corrected chi connectivity index (χ2v) is 6.47. The predicted octanol–water partition coefficient (Wildman–Crippen LogP) is 1.65. The van der Waals surface area contributed by atoms with Crippen LogP contribution in [0.1, 0.15) is 12.0 Å². The van der Waals surface area contributed by atoms with Crippen LogP contribution in [-0.4, -0.2) is 26.6 Å². The van der Waals surface area contributed by atoms with Gasteiger partial charge in [0.05, 0.1) is 18.1 Å². The molecule has 0 fully saturated rings. The molecule has 0 bridgehead atoms. The number of ether oxygens (including phenoxy) is 2. The van der Waals surface area contributed by atoms with E-state index in [2.05, 4.69) is 9.71 Å². The van der Waals surface area contributed by atoms with Gasteiger partial charge in [-0.15, -0.1) is 0 Å². The quantitative estimate of drug-likeness (QED) is 0.900. The van der Waals surface area contributed by atoms with Gasteiger partial charge in [0.25, 0.3) is 0 Å². The molecule has 0 aliphatic carbocycles. The number of aromatic amines is 1. The van der Waals surface area contributed by atoms with Gasteiger partial charge in [-0.05, 0) is 23.8 Å². The Kier molecular flexibility index (Phi) is 3.85. The van der Waals surface area contributed by atoms with E-state index >= 15 is 0 Å². The normalized spacial score (nSPS) is 14.7. The molecule has 0 saturated heterocycles. The molecule has 2 heterocycles. The molecular weight excluding hydrogens is 292 g/mol. The van der Waals surface area contributed by atoms with Crippen LogP contribution in [-0.2, 0) is 16.6 Å². The van der Waals surface area contributed by atoms with Gasteiger partial charge in [-0.2, -0.15) is 0 Å². The van der Waals surface area contributed by atoms with Crippen LogP contribution in [0.5, 0.6) is 11.5 Å². The summed E-state index contributed by atoms with van der Waals surface area (Å²) in [5, 5.41) is 0. The highest BCUT2D eigenvalue weighted by molar-refractivity contribution is 7.89. The molecule has 7 heteroatoms. The zero-order valence-electron chi connectivity index (χ0n) is 11.3. The number of H-pyrrole nitrogens is 1. The molecule has 6 nitrogen and oxygen atoms in total. The number of sulfonamides is 1. The third-order valence-electron chi connectivity index (χ3n) is 3.16. The maximum absolute atomic E-state index is 12.3. The Morgan fingerprint density at radius 1 is 1.14 bits per heavy atom. The molecular formula is C14H16N2O4S. The number of benzene rings is 1. The van der Waals surface area contributed by atoms with E-state index in [1.54, 1.807) is 18.5 Å². The Labute approximate surface area is 123 Å². The second-order valence-electron chi connectivity index (χ2n) is 4.70. The van der Waals surface area contributed by atoms with Gasteiger partial charge in [-0.1, -0.05) is 0 Å². The Bertz CT molecular complexity index is 711. The monoisotopic (exact) mass is 308 g/mol. The van der Waals surface area contributed by atoms with E-state index in [1.165, 1.54) is 12.1 Å². The van der Waals surface area contributed by atoms with Crippen LogP contribution in [0.4, 0.5) is 0 Å². The van der Waals surface area contributed by atoms with E-state index in [4.69, 9.17) is 9.47 Å². The smallest absolute Gasteiger partial charge is 0.241 e. The zero-order chi connectivity index (χ0) is 14.7. The first-order valence-electron chi connectivity index (χ1n) is 6.66. The van der Waals surface area contributed by atoms with Gasteiger partial charge >= 0.3 is 0 Å². The number of hydrogen-bond donors (Lipinski definition) is 2. The lowest BCUT2D eigenvalue weighted by molar-refractivity contribution is 0.297. The number of aromatic nitrogens is 1. The highest BCUT2D eigenvalue weighted by Gasteiger charge is 2.18. The van der Waals surface area contributed by atoms with Crippen molar-refractivity contribution < 1.29 is 17.9 Å². The van der Waals surface area contributed by atoms with Crippen LogP contribution in [0, 0.1) is 0 Å². The van der Waals surface area contributed by atoms with Crippen molar-refractivity contribution in [2.45, 2.75) is 17.9 Å². The average molecular weight is 308 g/mol. The Morgan fingerprint density at radius 3 is 2.71 bits per heavy atom. The number of fused-ring (bicyclic) bond motifs is 1.